The number of hydrogen-bond donors (Lipinski definition) is 1. The summed E-state index contributed by atoms with van der Waals surface area (Å²) in [5.74, 6) is -1.07. The van der Waals surface area contributed by atoms with Gasteiger partial charge in [-0.1, -0.05) is 18.2 Å². The van der Waals surface area contributed by atoms with Crippen LogP contribution in [0.25, 0.3) is 0 Å². The number of carboxylic acids is 1. The summed E-state index contributed by atoms with van der Waals surface area (Å²) in [6.45, 7) is 3.30. The van der Waals surface area contributed by atoms with Crippen molar-refractivity contribution in [2.24, 2.45) is 0 Å². The van der Waals surface area contributed by atoms with Crippen LogP contribution in [0, 0.1) is 6.92 Å². The van der Waals surface area contributed by atoms with E-state index < -0.39 is 16.0 Å². The molecule has 0 aromatic heterocycles. The monoisotopic (exact) mass is 271 g/mol. The van der Waals surface area contributed by atoms with Crippen molar-refractivity contribution in [1.82, 2.24) is 0 Å². The summed E-state index contributed by atoms with van der Waals surface area (Å²) in [6.07, 6.45) is -0.215. The van der Waals surface area contributed by atoms with Crippen molar-refractivity contribution in [3.63, 3.8) is 0 Å². The second-order valence-electron chi connectivity index (χ2n) is 3.90. The van der Waals surface area contributed by atoms with Gasteiger partial charge in [-0.05, 0) is 25.5 Å². The first-order chi connectivity index (χ1) is 8.38. The number of aliphatic carboxylic acids is 1. The number of anilines is 1. The number of aryl methyl sites for hydroxylation is 1. The minimum Gasteiger partial charge on any atom is -0.481 e. The van der Waals surface area contributed by atoms with Gasteiger partial charge in [0.25, 0.3) is 0 Å². The fourth-order valence-electron chi connectivity index (χ4n) is 1.61. The predicted octanol–water partition coefficient (Wildman–Crippen LogP) is 1.63. The second kappa shape index (κ2) is 5.86. The van der Waals surface area contributed by atoms with Crippen LogP contribution in [-0.4, -0.2) is 31.8 Å². The first kappa shape index (κ1) is 14.5. The van der Waals surface area contributed by atoms with Gasteiger partial charge in [-0.15, -0.1) is 0 Å². The summed E-state index contributed by atoms with van der Waals surface area (Å²) in [4.78, 5) is 10.6. The van der Waals surface area contributed by atoms with Crippen LogP contribution < -0.4 is 4.31 Å². The molecule has 0 spiro atoms. The Morgan fingerprint density at radius 2 is 1.94 bits per heavy atom. The van der Waals surface area contributed by atoms with Gasteiger partial charge in [0.15, 0.2) is 0 Å². The molecule has 0 radical (unpaired) electrons. The topological polar surface area (TPSA) is 74.7 Å². The molecule has 100 valence electrons. The van der Waals surface area contributed by atoms with Crippen molar-refractivity contribution in [3.8, 4) is 0 Å². The number of rotatable bonds is 6. The Morgan fingerprint density at radius 3 is 2.44 bits per heavy atom. The number of carboxylic acid groups (broad SMARTS) is 1. The highest BCUT2D eigenvalue weighted by Crippen LogP contribution is 2.22. The van der Waals surface area contributed by atoms with E-state index in [4.69, 9.17) is 5.11 Å². The van der Waals surface area contributed by atoms with Crippen LogP contribution in [0.2, 0.25) is 0 Å². The van der Waals surface area contributed by atoms with E-state index in [1.807, 2.05) is 6.07 Å². The van der Waals surface area contributed by atoms with Gasteiger partial charge in [-0.2, -0.15) is 0 Å². The summed E-state index contributed by atoms with van der Waals surface area (Å²) < 4.78 is 25.2. The van der Waals surface area contributed by atoms with Crippen molar-refractivity contribution in [3.05, 3.63) is 29.8 Å². The molecule has 6 heteroatoms. The molecule has 1 aromatic rings. The molecule has 0 aliphatic rings. The fourth-order valence-corrected chi connectivity index (χ4v) is 2.79. The summed E-state index contributed by atoms with van der Waals surface area (Å²) in [7, 11) is -3.46. The van der Waals surface area contributed by atoms with Gasteiger partial charge in [0.2, 0.25) is 10.0 Å². The maximum atomic E-state index is 12.0. The Kier molecular flexibility index (Phi) is 4.72. The van der Waals surface area contributed by atoms with Crippen molar-refractivity contribution in [2.75, 3.05) is 16.6 Å². The van der Waals surface area contributed by atoms with E-state index in [9.17, 15) is 13.2 Å². The lowest BCUT2D eigenvalue weighted by molar-refractivity contribution is -0.136. The average molecular weight is 271 g/mol. The molecule has 0 aliphatic carbocycles. The molecule has 1 N–H and O–H groups in total. The SMILES string of the molecule is CCS(=O)(=O)N(CCC(=O)O)c1ccccc1C. The van der Waals surface area contributed by atoms with E-state index >= 15 is 0 Å². The number of benzene rings is 1. The molecular weight excluding hydrogens is 254 g/mol. The number of para-hydroxylation sites is 1. The smallest absolute Gasteiger partial charge is 0.305 e. The van der Waals surface area contributed by atoms with Gasteiger partial charge in [-0.25, -0.2) is 8.42 Å². The van der Waals surface area contributed by atoms with E-state index in [0.717, 1.165) is 5.56 Å². The van der Waals surface area contributed by atoms with Gasteiger partial charge in [0, 0.05) is 6.54 Å². The van der Waals surface area contributed by atoms with Crippen LogP contribution in [0.3, 0.4) is 0 Å². The minimum atomic E-state index is -3.46. The summed E-state index contributed by atoms with van der Waals surface area (Å²) >= 11 is 0. The van der Waals surface area contributed by atoms with E-state index in [1.54, 1.807) is 32.0 Å². The highest BCUT2D eigenvalue weighted by atomic mass is 32.2. The predicted molar refractivity (Wildman–Crippen MR) is 70.2 cm³/mol. The molecule has 0 saturated carbocycles. The molecule has 1 rings (SSSR count). The lowest BCUT2D eigenvalue weighted by Crippen LogP contribution is -2.34. The molecule has 0 saturated heterocycles. The summed E-state index contributed by atoms with van der Waals surface area (Å²) in [5.41, 5.74) is 1.35. The third-order valence-corrected chi connectivity index (χ3v) is 4.39. The van der Waals surface area contributed by atoms with Gasteiger partial charge < -0.3 is 5.11 Å². The molecule has 0 unspecified atom stereocenters. The average Bonchev–Trinajstić information content (AvgIpc) is 2.31. The first-order valence-electron chi connectivity index (χ1n) is 5.66. The normalized spacial score (nSPS) is 11.2. The maximum Gasteiger partial charge on any atom is 0.305 e. The van der Waals surface area contributed by atoms with Gasteiger partial charge in [0.1, 0.15) is 0 Å². The Morgan fingerprint density at radius 1 is 1.33 bits per heavy atom. The molecule has 0 heterocycles. The van der Waals surface area contributed by atoms with Crippen molar-refractivity contribution in [1.29, 1.82) is 0 Å². The lowest BCUT2D eigenvalue weighted by atomic mass is 10.2. The molecule has 0 bridgehead atoms. The Labute approximate surface area is 107 Å². The number of nitrogens with zero attached hydrogens (tertiary/aromatic N) is 1. The van der Waals surface area contributed by atoms with Crippen LogP contribution >= 0.6 is 0 Å². The number of carbonyl (C=O) groups is 1. The minimum absolute atomic E-state index is 0.0453. The fraction of sp³-hybridized carbons (Fsp3) is 0.417. The maximum absolute atomic E-state index is 12.0. The first-order valence-corrected chi connectivity index (χ1v) is 7.27. The molecule has 0 atom stereocenters. The molecule has 0 fully saturated rings. The molecule has 0 aliphatic heterocycles. The second-order valence-corrected chi connectivity index (χ2v) is 6.08. The van der Waals surface area contributed by atoms with Crippen molar-refractivity contribution < 1.29 is 18.3 Å². The van der Waals surface area contributed by atoms with Gasteiger partial charge in [0.05, 0.1) is 17.9 Å². The van der Waals surface area contributed by atoms with E-state index in [-0.39, 0.29) is 18.7 Å². The van der Waals surface area contributed by atoms with Gasteiger partial charge in [-0.3, -0.25) is 9.10 Å². The van der Waals surface area contributed by atoms with E-state index in [2.05, 4.69) is 0 Å². The van der Waals surface area contributed by atoms with Gasteiger partial charge >= 0.3 is 5.97 Å². The number of sulfonamides is 1. The molecule has 5 nitrogen and oxygen atoms in total. The lowest BCUT2D eigenvalue weighted by Gasteiger charge is -2.24. The Bertz CT molecular complexity index is 525. The largest absolute Gasteiger partial charge is 0.481 e. The van der Waals surface area contributed by atoms with Crippen LogP contribution in [0.5, 0.6) is 0 Å². The number of hydrogen-bond acceptors (Lipinski definition) is 3. The zero-order chi connectivity index (χ0) is 13.8. The summed E-state index contributed by atoms with van der Waals surface area (Å²) in [5, 5.41) is 8.70. The Hall–Kier alpha value is -1.56. The third kappa shape index (κ3) is 3.46. The van der Waals surface area contributed by atoms with Crippen molar-refractivity contribution in [2.45, 2.75) is 20.3 Å². The highest BCUT2D eigenvalue weighted by Gasteiger charge is 2.22. The molecule has 0 amide bonds. The Balaban J connectivity index is 3.13. The standard InChI is InChI=1S/C12H17NO4S/c1-3-18(16,17)13(9-8-12(14)15)11-7-5-4-6-10(11)2/h4-7H,3,8-9H2,1-2H3,(H,14,15). The highest BCUT2D eigenvalue weighted by molar-refractivity contribution is 7.92. The quantitative estimate of drug-likeness (QED) is 0.853. The van der Waals surface area contributed by atoms with Crippen LogP contribution in [0.1, 0.15) is 18.9 Å². The zero-order valence-corrected chi connectivity index (χ0v) is 11.3. The molecule has 1 aromatic carbocycles. The molecular formula is C12H17NO4S. The summed E-state index contributed by atoms with van der Waals surface area (Å²) in [6, 6.07) is 7.03. The van der Waals surface area contributed by atoms with Crippen LogP contribution in [0.15, 0.2) is 24.3 Å². The van der Waals surface area contributed by atoms with E-state index in [1.165, 1.54) is 4.31 Å². The van der Waals surface area contributed by atoms with E-state index in [0.29, 0.717) is 5.69 Å². The van der Waals surface area contributed by atoms with Crippen molar-refractivity contribution >= 4 is 21.7 Å². The zero-order valence-electron chi connectivity index (χ0n) is 10.5. The third-order valence-electron chi connectivity index (χ3n) is 2.61. The molecule has 18 heavy (non-hydrogen) atoms. The van der Waals surface area contributed by atoms with Crippen LogP contribution in [-0.2, 0) is 14.8 Å². The van der Waals surface area contributed by atoms with Crippen LogP contribution in [0.4, 0.5) is 5.69 Å².